The van der Waals surface area contributed by atoms with Crippen molar-refractivity contribution in [2.75, 3.05) is 5.75 Å². The average Bonchev–Trinajstić information content (AvgIpc) is 3.53. The van der Waals surface area contributed by atoms with Crippen LogP contribution in [-0.2, 0) is 17.6 Å². The molecular weight excluding hydrogens is 469 g/mol. The van der Waals surface area contributed by atoms with Gasteiger partial charge in [0.15, 0.2) is 0 Å². The van der Waals surface area contributed by atoms with E-state index in [0.29, 0.717) is 28.9 Å². The van der Waals surface area contributed by atoms with Gasteiger partial charge in [0.05, 0.1) is 5.69 Å². The number of hydrogen-bond acceptors (Lipinski definition) is 3. The van der Waals surface area contributed by atoms with E-state index in [4.69, 9.17) is 0 Å². The minimum absolute atomic E-state index is 0.0217. The van der Waals surface area contributed by atoms with Gasteiger partial charge in [-0.05, 0) is 47.4 Å². The Labute approximate surface area is 202 Å². The molecule has 35 heavy (non-hydrogen) atoms. The Morgan fingerprint density at radius 1 is 1.17 bits per heavy atom. The topological polar surface area (TPSA) is 114 Å². The molecule has 1 unspecified atom stereocenters. The van der Waals surface area contributed by atoms with Crippen molar-refractivity contribution >= 4 is 38.9 Å². The fourth-order valence-electron chi connectivity index (χ4n) is 4.89. The lowest BCUT2D eigenvalue weighted by molar-refractivity contribution is 0.0692. The molecule has 0 spiro atoms. The average molecular weight is 493 g/mol. The third-order valence-corrected chi connectivity index (χ3v) is 6.83. The molecule has 3 heterocycles. The molecule has 0 bridgehead atoms. The van der Waals surface area contributed by atoms with Crippen molar-refractivity contribution in [1.29, 1.82) is 0 Å². The molecule has 3 aromatic heterocycles. The summed E-state index contributed by atoms with van der Waals surface area (Å²) in [4.78, 5) is 18.6. The minimum atomic E-state index is -2.17. The lowest BCUT2D eigenvalue weighted by atomic mass is 9.89. The molecule has 0 saturated carbocycles. The van der Waals surface area contributed by atoms with Crippen LogP contribution in [0.25, 0.3) is 44.2 Å². The Bertz CT molecular complexity index is 1610. The van der Waals surface area contributed by atoms with Gasteiger partial charge in [0, 0.05) is 57.6 Å². The number of fused-ring (bicyclic) bond motifs is 2. The minimum Gasteiger partial charge on any atom is -0.772 e. The standard InChI is InChI=1S/C26H24FN3O4S/c1-14(2)22-23(18-4-3-5-21-17(18)7-9-30(21)10-11-35(33)34)25(26(31)32)29-24(22)19-12-15(27)13-20-16(19)6-8-28-20/h3-9,12-14,28-29H,10-11H2,1-2H3,(H,31,32)(H,33,34)/p-1. The van der Waals surface area contributed by atoms with Crippen LogP contribution in [0.4, 0.5) is 4.39 Å². The highest BCUT2D eigenvalue weighted by Crippen LogP contribution is 2.44. The number of nitrogens with one attached hydrogen (secondary N) is 2. The first kappa shape index (κ1) is 23.1. The first-order chi connectivity index (χ1) is 16.8. The van der Waals surface area contributed by atoms with Gasteiger partial charge >= 0.3 is 5.97 Å². The zero-order chi connectivity index (χ0) is 24.9. The highest BCUT2D eigenvalue weighted by molar-refractivity contribution is 7.79. The summed E-state index contributed by atoms with van der Waals surface area (Å²) in [5.74, 6) is -1.64. The molecule has 1 atom stereocenters. The van der Waals surface area contributed by atoms with Gasteiger partial charge in [-0.25, -0.2) is 9.18 Å². The third-order valence-electron chi connectivity index (χ3n) is 6.31. The van der Waals surface area contributed by atoms with E-state index >= 15 is 0 Å². The normalized spacial score (nSPS) is 12.7. The second kappa shape index (κ2) is 8.83. The van der Waals surface area contributed by atoms with E-state index < -0.39 is 22.9 Å². The highest BCUT2D eigenvalue weighted by atomic mass is 32.2. The maximum absolute atomic E-state index is 14.5. The number of nitrogens with zero attached hydrogens (tertiary/aromatic N) is 1. The fourth-order valence-corrected chi connectivity index (χ4v) is 5.24. The van der Waals surface area contributed by atoms with Crippen molar-refractivity contribution in [1.82, 2.24) is 14.5 Å². The molecule has 7 nitrogen and oxygen atoms in total. The van der Waals surface area contributed by atoms with Gasteiger partial charge in [-0.15, -0.1) is 0 Å². The van der Waals surface area contributed by atoms with Crippen LogP contribution in [0, 0.1) is 5.82 Å². The quantitative estimate of drug-likeness (QED) is 0.256. The number of H-pyrrole nitrogens is 2. The van der Waals surface area contributed by atoms with Crippen LogP contribution in [0.3, 0.4) is 0 Å². The van der Waals surface area contributed by atoms with Crippen LogP contribution in [0.5, 0.6) is 0 Å². The summed E-state index contributed by atoms with van der Waals surface area (Å²) in [6.07, 6.45) is 3.53. The molecule has 5 rings (SSSR count). The van der Waals surface area contributed by atoms with Gasteiger partial charge in [0.25, 0.3) is 0 Å². The van der Waals surface area contributed by atoms with Gasteiger partial charge in [0.2, 0.25) is 0 Å². The number of aryl methyl sites for hydroxylation is 1. The Morgan fingerprint density at radius 2 is 1.97 bits per heavy atom. The first-order valence-corrected chi connectivity index (χ1v) is 12.4. The van der Waals surface area contributed by atoms with Gasteiger partial charge in [0.1, 0.15) is 11.5 Å². The molecule has 0 fully saturated rings. The largest absolute Gasteiger partial charge is 0.772 e. The Kier molecular flexibility index (Phi) is 5.82. The fraction of sp³-hybridized carbons (Fsp3) is 0.192. The number of carboxylic acid groups (broad SMARTS) is 1. The summed E-state index contributed by atoms with van der Waals surface area (Å²) in [6, 6.07) is 12.1. The van der Waals surface area contributed by atoms with E-state index in [1.165, 1.54) is 12.1 Å². The number of aromatic amines is 2. The molecule has 5 aromatic rings. The first-order valence-electron chi connectivity index (χ1n) is 11.2. The Balaban J connectivity index is 1.80. The smallest absolute Gasteiger partial charge is 0.352 e. The highest BCUT2D eigenvalue weighted by Gasteiger charge is 2.28. The SMILES string of the molecule is CC(C)c1c(-c2cc(F)cc3[nH]ccc23)[nH]c(C(=O)O)c1-c1cccc2c1ccn2CCS(=O)[O-]. The number of benzene rings is 2. The molecule has 0 aliphatic rings. The number of aromatic nitrogens is 3. The molecule has 0 aliphatic heterocycles. The zero-order valence-corrected chi connectivity index (χ0v) is 19.9. The summed E-state index contributed by atoms with van der Waals surface area (Å²) in [5.41, 5.74) is 4.64. The molecule has 0 aliphatic carbocycles. The van der Waals surface area contributed by atoms with Crippen molar-refractivity contribution in [2.45, 2.75) is 26.3 Å². The lowest BCUT2D eigenvalue weighted by Crippen LogP contribution is -2.05. The van der Waals surface area contributed by atoms with Gasteiger partial charge in [-0.3, -0.25) is 4.21 Å². The van der Waals surface area contributed by atoms with E-state index in [-0.39, 0.29) is 17.4 Å². The maximum atomic E-state index is 14.5. The summed E-state index contributed by atoms with van der Waals surface area (Å²) < 4.78 is 38.5. The van der Waals surface area contributed by atoms with Crippen LogP contribution in [0.1, 0.15) is 35.8 Å². The van der Waals surface area contributed by atoms with Crippen LogP contribution >= 0.6 is 0 Å². The van der Waals surface area contributed by atoms with Gasteiger partial charge in [-0.2, -0.15) is 0 Å². The van der Waals surface area contributed by atoms with E-state index in [2.05, 4.69) is 9.97 Å². The van der Waals surface area contributed by atoms with Crippen molar-refractivity contribution in [2.24, 2.45) is 0 Å². The second-order valence-corrected chi connectivity index (χ2v) is 9.79. The van der Waals surface area contributed by atoms with Gasteiger partial charge < -0.3 is 24.2 Å². The van der Waals surface area contributed by atoms with E-state index in [9.17, 15) is 23.1 Å². The Morgan fingerprint density at radius 3 is 2.69 bits per heavy atom. The number of carboxylic acids is 1. The number of hydrogen-bond donors (Lipinski definition) is 3. The van der Waals surface area contributed by atoms with Crippen LogP contribution in [-0.4, -0.2) is 40.1 Å². The molecule has 0 amide bonds. The van der Waals surface area contributed by atoms with E-state index in [1.54, 1.807) is 12.4 Å². The number of carbonyl (C=O) groups is 1. The molecule has 0 radical (unpaired) electrons. The lowest BCUT2D eigenvalue weighted by Gasteiger charge is -2.14. The van der Waals surface area contributed by atoms with Crippen LogP contribution in [0.2, 0.25) is 0 Å². The van der Waals surface area contributed by atoms with E-state index in [0.717, 1.165) is 27.4 Å². The summed E-state index contributed by atoms with van der Waals surface area (Å²) in [5, 5.41) is 11.8. The van der Waals surface area contributed by atoms with Crippen molar-refractivity contribution in [3.8, 4) is 22.4 Å². The molecule has 180 valence electrons. The van der Waals surface area contributed by atoms with Crippen molar-refractivity contribution in [3.05, 3.63) is 71.9 Å². The zero-order valence-electron chi connectivity index (χ0n) is 19.1. The third kappa shape index (κ3) is 3.96. The van der Waals surface area contributed by atoms with Crippen LogP contribution in [0.15, 0.2) is 54.9 Å². The summed E-state index contributed by atoms with van der Waals surface area (Å²) in [7, 11) is 0. The second-order valence-electron chi connectivity index (χ2n) is 8.77. The van der Waals surface area contributed by atoms with Crippen LogP contribution < -0.4 is 0 Å². The molecule has 9 heteroatoms. The van der Waals surface area contributed by atoms with Gasteiger partial charge in [-0.1, -0.05) is 37.1 Å². The molecular formula is C26H23FN3O4S-. The molecule has 0 saturated heterocycles. The summed E-state index contributed by atoms with van der Waals surface area (Å²) in [6.45, 7) is 4.24. The number of aromatic carboxylic acids is 1. The van der Waals surface area contributed by atoms with Crippen molar-refractivity contribution in [3.63, 3.8) is 0 Å². The predicted octanol–water partition coefficient (Wildman–Crippen LogP) is 5.62. The van der Waals surface area contributed by atoms with E-state index in [1.807, 2.05) is 48.7 Å². The monoisotopic (exact) mass is 492 g/mol. The molecule has 3 N–H and O–H groups in total. The molecule has 2 aromatic carbocycles. The number of halogens is 1. The summed E-state index contributed by atoms with van der Waals surface area (Å²) >= 11 is -2.17. The number of rotatable bonds is 7. The Hall–Kier alpha value is -3.69. The maximum Gasteiger partial charge on any atom is 0.352 e. The van der Waals surface area contributed by atoms with Crippen molar-refractivity contribution < 1.29 is 23.1 Å². The predicted molar refractivity (Wildman–Crippen MR) is 134 cm³/mol.